The molecular weight excluding hydrogens is 337 g/mol. The van der Waals surface area contributed by atoms with Crippen LogP contribution in [0.4, 0.5) is 4.39 Å². The second-order valence-electron chi connectivity index (χ2n) is 7.56. The molecule has 1 unspecified atom stereocenters. The predicted octanol–water partition coefficient (Wildman–Crippen LogP) is 5.27. The Bertz CT molecular complexity index is 783. The third kappa shape index (κ3) is 4.41. The van der Waals surface area contributed by atoms with E-state index in [9.17, 15) is 4.39 Å². The second kappa shape index (κ2) is 8.71. The van der Waals surface area contributed by atoms with Crippen LogP contribution in [0.25, 0.3) is 5.57 Å². The molecular formula is C24H28FNO. The fourth-order valence-corrected chi connectivity index (χ4v) is 4.21. The molecule has 0 radical (unpaired) electrons. The van der Waals surface area contributed by atoms with E-state index in [0.29, 0.717) is 6.42 Å². The average Bonchev–Trinajstić information content (AvgIpc) is 3.03. The first kappa shape index (κ1) is 18.2. The second-order valence-corrected chi connectivity index (χ2v) is 7.56. The van der Waals surface area contributed by atoms with Gasteiger partial charge in [-0.3, -0.25) is 9.29 Å². The summed E-state index contributed by atoms with van der Waals surface area (Å²) in [6.07, 6.45) is 7.72. The van der Waals surface area contributed by atoms with Gasteiger partial charge in [0.1, 0.15) is 11.9 Å². The van der Waals surface area contributed by atoms with Crippen LogP contribution >= 0.6 is 0 Å². The number of hydrogen-bond donors (Lipinski definition) is 0. The zero-order chi connectivity index (χ0) is 18.5. The Labute approximate surface area is 161 Å². The highest BCUT2D eigenvalue weighted by Crippen LogP contribution is 2.32. The van der Waals surface area contributed by atoms with Crippen molar-refractivity contribution < 1.29 is 9.13 Å². The van der Waals surface area contributed by atoms with Gasteiger partial charge in [-0.2, -0.15) is 0 Å². The number of alkyl halides is 1. The van der Waals surface area contributed by atoms with Crippen molar-refractivity contribution in [2.45, 2.75) is 38.2 Å². The summed E-state index contributed by atoms with van der Waals surface area (Å²) in [6.45, 7) is 2.51. The molecule has 27 heavy (non-hydrogen) atoms. The van der Waals surface area contributed by atoms with Crippen LogP contribution in [0.5, 0.6) is 5.75 Å². The molecule has 0 N–H and O–H groups in total. The molecule has 0 saturated carbocycles. The number of nitrogens with zero attached hydrogens (tertiary/aromatic N) is 1. The number of fused-ring (bicyclic) bond motifs is 1. The summed E-state index contributed by atoms with van der Waals surface area (Å²) in [5, 5.41) is 0. The summed E-state index contributed by atoms with van der Waals surface area (Å²) in [7, 11) is 0. The van der Waals surface area contributed by atoms with Crippen LogP contribution < -0.4 is 4.74 Å². The topological polar surface area (TPSA) is 12.5 Å². The van der Waals surface area contributed by atoms with Crippen molar-refractivity contribution in [2.75, 3.05) is 26.3 Å². The molecule has 2 aliphatic rings. The summed E-state index contributed by atoms with van der Waals surface area (Å²) >= 11 is 0. The highest BCUT2D eigenvalue weighted by atomic mass is 19.1. The summed E-state index contributed by atoms with van der Waals surface area (Å²) in [5.74, 6) is 0.929. The smallest absolute Gasteiger partial charge is 0.119 e. The van der Waals surface area contributed by atoms with E-state index in [1.165, 1.54) is 28.7 Å². The van der Waals surface area contributed by atoms with Gasteiger partial charge in [0.15, 0.2) is 0 Å². The Hall–Kier alpha value is -2.13. The van der Waals surface area contributed by atoms with Gasteiger partial charge < -0.3 is 4.74 Å². The third-order valence-corrected chi connectivity index (χ3v) is 5.61. The molecule has 0 spiro atoms. The van der Waals surface area contributed by atoms with Crippen molar-refractivity contribution >= 4 is 5.57 Å². The summed E-state index contributed by atoms with van der Waals surface area (Å²) in [6, 6.07) is 17.3. The highest BCUT2D eigenvalue weighted by Gasteiger charge is 2.23. The van der Waals surface area contributed by atoms with Crippen LogP contribution in [0.15, 0.2) is 54.6 Å². The lowest BCUT2D eigenvalue weighted by Gasteiger charge is -2.17. The molecule has 2 aromatic rings. The molecule has 2 nitrogen and oxygen atoms in total. The molecule has 1 fully saturated rings. The molecule has 1 atom stereocenters. The molecule has 1 aliphatic heterocycles. The van der Waals surface area contributed by atoms with Crippen molar-refractivity contribution in [3.63, 3.8) is 0 Å². The number of aryl methyl sites for hydroxylation is 1. The number of rotatable bonds is 6. The maximum atomic E-state index is 12.3. The van der Waals surface area contributed by atoms with Crippen LogP contribution in [0.1, 0.15) is 42.4 Å². The largest absolute Gasteiger partial charge is 0.489 e. The van der Waals surface area contributed by atoms with Gasteiger partial charge in [-0.15, -0.1) is 0 Å². The Kier molecular flexibility index (Phi) is 5.88. The monoisotopic (exact) mass is 365 g/mol. The van der Waals surface area contributed by atoms with Gasteiger partial charge in [0.05, 0.1) is 6.67 Å². The fourth-order valence-electron chi connectivity index (χ4n) is 4.21. The van der Waals surface area contributed by atoms with E-state index in [2.05, 4.69) is 59.5 Å². The van der Waals surface area contributed by atoms with Gasteiger partial charge in [-0.05, 0) is 66.5 Å². The lowest BCUT2D eigenvalue weighted by molar-refractivity contribution is 0.198. The lowest BCUT2D eigenvalue weighted by Crippen LogP contribution is -2.26. The van der Waals surface area contributed by atoms with Crippen molar-refractivity contribution in [3.05, 3.63) is 71.3 Å². The molecule has 1 saturated heterocycles. The van der Waals surface area contributed by atoms with Gasteiger partial charge in [-0.25, -0.2) is 0 Å². The maximum absolute atomic E-state index is 12.3. The minimum absolute atomic E-state index is 0.216. The first-order chi connectivity index (χ1) is 13.3. The van der Waals surface area contributed by atoms with Crippen molar-refractivity contribution in [1.29, 1.82) is 0 Å². The molecule has 4 rings (SSSR count). The first-order valence-electron chi connectivity index (χ1n) is 10.2. The lowest BCUT2D eigenvalue weighted by atomic mass is 9.94. The number of ether oxygens (including phenoxy) is 1. The van der Waals surface area contributed by atoms with Crippen molar-refractivity contribution in [3.8, 4) is 5.75 Å². The van der Waals surface area contributed by atoms with Crippen LogP contribution in [-0.4, -0.2) is 37.3 Å². The van der Waals surface area contributed by atoms with Gasteiger partial charge >= 0.3 is 0 Å². The fraction of sp³-hybridized carbons (Fsp3) is 0.417. The van der Waals surface area contributed by atoms with E-state index in [0.717, 1.165) is 44.6 Å². The van der Waals surface area contributed by atoms with E-state index in [1.54, 1.807) is 0 Å². The Balaban J connectivity index is 1.43. The predicted molar refractivity (Wildman–Crippen MR) is 109 cm³/mol. The summed E-state index contributed by atoms with van der Waals surface area (Å²) < 4.78 is 18.5. The Morgan fingerprint density at radius 3 is 2.78 bits per heavy atom. The van der Waals surface area contributed by atoms with Crippen LogP contribution in [0, 0.1) is 0 Å². The zero-order valence-electron chi connectivity index (χ0n) is 15.9. The number of likely N-dealkylation sites (tertiary alicyclic amines) is 1. The average molecular weight is 365 g/mol. The molecule has 1 heterocycles. The zero-order valence-corrected chi connectivity index (χ0v) is 15.9. The third-order valence-electron chi connectivity index (χ3n) is 5.61. The van der Waals surface area contributed by atoms with Crippen molar-refractivity contribution in [2.24, 2.45) is 0 Å². The van der Waals surface area contributed by atoms with Crippen molar-refractivity contribution in [1.82, 2.24) is 4.90 Å². The normalized spacial score (nSPS) is 20.0. The van der Waals surface area contributed by atoms with Gasteiger partial charge in [0.25, 0.3) is 0 Å². The van der Waals surface area contributed by atoms with Crippen LogP contribution in [0.3, 0.4) is 0 Å². The number of allylic oxidation sites excluding steroid dienone is 1. The molecule has 1 aliphatic carbocycles. The molecule has 2 aromatic carbocycles. The molecule has 142 valence electrons. The molecule has 0 bridgehead atoms. The van der Waals surface area contributed by atoms with E-state index in [4.69, 9.17) is 4.74 Å². The molecule has 0 amide bonds. The minimum Gasteiger partial charge on any atom is -0.489 e. The number of hydrogen-bond acceptors (Lipinski definition) is 2. The SMILES string of the molecule is FCCCN1CCC(Oc2ccc(C3=CCCCc4ccccc43)cc2)C1. The highest BCUT2D eigenvalue weighted by molar-refractivity contribution is 5.82. The van der Waals surface area contributed by atoms with Gasteiger partial charge in [0.2, 0.25) is 0 Å². The number of halogens is 1. The standard InChI is InChI=1S/C24H28FNO/c25-15-5-16-26-17-14-22(18-26)27-21-12-10-20(11-13-21)24-9-4-2-7-19-6-1-3-8-23(19)24/h1,3,6,8-13,22H,2,4-5,7,14-18H2. The first-order valence-corrected chi connectivity index (χ1v) is 10.2. The van der Waals surface area contributed by atoms with Crippen LogP contribution in [-0.2, 0) is 6.42 Å². The van der Waals surface area contributed by atoms with Gasteiger partial charge in [-0.1, -0.05) is 42.5 Å². The minimum atomic E-state index is -0.234. The van der Waals surface area contributed by atoms with E-state index < -0.39 is 0 Å². The summed E-state index contributed by atoms with van der Waals surface area (Å²) in [5.41, 5.74) is 5.41. The van der Waals surface area contributed by atoms with Crippen LogP contribution in [0.2, 0.25) is 0 Å². The molecule has 3 heteroatoms. The quantitative estimate of drug-likeness (QED) is 0.692. The molecule has 0 aromatic heterocycles. The summed E-state index contributed by atoms with van der Waals surface area (Å²) in [4.78, 5) is 2.30. The van der Waals surface area contributed by atoms with E-state index in [1.807, 2.05) is 0 Å². The van der Waals surface area contributed by atoms with E-state index in [-0.39, 0.29) is 12.8 Å². The Morgan fingerprint density at radius 1 is 1.07 bits per heavy atom. The maximum Gasteiger partial charge on any atom is 0.119 e. The Morgan fingerprint density at radius 2 is 1.93 bits per heavy atom. The van der Waals surface area contributed by atoms with Gasteiger partial charge in [0, 0.05) is 19.6 Å². The van der Waals surface area contributed by atoms with E-state index >= 15 is 0 Å². The number of benzene rings is 2.